The average Bonchev–Trinajstić information content (AvgIpc) is 3.25. The first-order valence-corrected chi connectivity index (χ1v) is 7.21. The van der Waals surface area contributed by atoms with Crippen LogP contribution in [-0.4, -0.2) is 35.1 Å². The molecule has 0 aromatic carbocycles. The van der Waals surface area contributed by atoms with Gasteiger partial charge < -0.3 is 15.3 Å². The molecule has 0 spiro atoms. The second-order valence-corrected chi connectivity index (χ2v) is 5.11. The minimum absolute atomic E-state index is 0.106. The number of aliphatic hydroxyl groups is 1. The number of fused-ring (bicyclic) bond motifs is 1. The van der Waals surface area contributed by atoms with Gasteiger partial charge in [-0.1, -0.05) is 11.3 Å². The van der Waals surface area contributed by atoms with Crippen molar-refractivity contribution in [2.75, 3.05) is 5.73 Å². The van der Waals surface area contributed by atoms with Gasteiger partial charge in [0.2, 0.25) is 5.95 Å². The van der Waals surface area contributed by atoms with Crippen LogP contribution < -0.4 is 5.73 Å². The summed E-state index contributed by atoms with van der Waals surface area (Å²) in [6.07, 6.45) is 1.55. The number of hydrogen-bond donors (Lipinski definition) is 2. The van der Waals surface area contributed by atoms with Gasteiger partial charge in [-0.25, -0.2) is 9.67 Å². The lowest BCUT2D eigenvalue weighted by atomic mass is 10.3. The lowest BCUT2D eigenvalue weighted by Crippen LogP contribution is -2.07. The van der Waals surface area contributed by atoms with E-state index >= 15 is 0 Å². The van der Waals surface area contributed by atoms with E-state index in [9.17, 15) is 5.11 Å². The molecular weight excluding hydrogens is 310 g/mol. The van der Waals surface area contributed by atoms with Gasteiger partial charge in [0.15, 0.2) is 16.9 Å². The van der Waals surface area contributed by atoms with Crippen LogP contribution in [-0.2, 0) is 13.2 Å². The molecule has 0 aliphatic carbocycles. The first kappa shape index (κ1) is 14.3. The number of rotatable bonds is 4. The summed E-state index contributed by atoms with van der Waals surface area (Å²) in [5.74, 6) is 0.649. The fraction of sp³-hybridized carbons (Fsp3) is 0.133. The molecule has 4 aromatic heterocycles. The summed E-state index contributed by atoms with van der Waals surface area (Å²) in [5, 5.41) is 17.5. The molecule has 0 unspecified atom stereocenters. The Morgan fingerprint density at radius 2 is 1.96 bits per heavy atom. The Hall–Kier alpha value is -3.33. The molecule has 4 heterocycles. The Bertz CT molecular complexity index is 994. The number of pyridine rings is 1. The number of furan rings is 1. The topological polar surface area (TPSA) is 129 Å². The predicted molar refractivity (Wildman–Crippen MR) is 84.5 cm³/mol. The first-order valence-electron chi connectivity index (χ1n) is 7.21. The molecule has 120 valence electrons. The quantitative estimate of drug-likeness (QED) is 0.569. The Morgan fingerprint density at radius 3 is 2.75 bits per heavy atom. The van der Waals surface area contributed by atoms with E-state index in [1.807, 2.05) is 12.1 Å². The van der Waals surface area contributed by atoms with Gasteiger partial charge in [-0.3, -0.25) is 4.98 Å². The molecule has 0 radical (unpaired) electrons. The third kappa shape index (κ3) is 2.46. The molecule has 0 aliphatic rings. The lowest BCUT2D eigenvalue weighted by molar-refractivity contribution is 0.276. The highest BCUT2D eigenvalue weighted by Crippen LogP contribution is 2.25. The molecule has 9 nitrogen and oxygen atoms in total. The molecule has 4 rings (SSSR count). The maximum Gasteiger partial charge on any atom is 0.222 e. The van der Waals surface area contributed by atoms with Crippen molar-refractivity contribution in [3.05, 3.63) is 48.0 Å². The van der Waals surface area contributed by atoms with Gasteiger partial charge in [0.1, 0.15) is 5.69 Å². The molecule has 3 N–H and O–H groups in total. The number of anilines is 1. The van der Waals surface area contributed by atoms with E-state index in [4.69, 9.17) is 10.2 Å². The highest BCUT2D eigenvalue weighted by atomic mass is 16.3. The van der Waals surface area contributed by atoms with E-state index < -0.39 is 0 Å². The highest BCUT2D eigenvalue weighted by molar-refractivity contribution is 5.85. The minimum atomic E-state index is -0.121. The fourth-order valence-corrected chi connectivity index (χ4v) is 2.42. The van der Waals surface area contributed by atoms with Crippen LogP contribution in [0.2, 0.25) is 0 Å². The summed E-state index contributed by atoms with van der Waals surface area (Å²) < 4.78 is 6.96. The zero-order valence-electron chi connectivity index (χ0n) is 12.5. The Kier molecular flexibility index (Phi) is 3.39. The molecule has 0 saturated carbocycles. The van der Waals surface area contributed by atoms with E-state index in [1.54, 1.807) is 29.1 Å². The SMILES string of the molecule is Nc1nc(-c2ccco2)c2nnn(Cc3cccc(CO)n3)c2n1. The summed E-state index contributed by atoms with van der Waals surface area (Å²) >= 11 is 0. The highest BCUT2D eigenvalue weighted by Gasteiger charge is 2.17. The van der Waals surface area contributed by atoms with E-state index in [0.717, 1.165) is 5.69 Å². The molecule has 0 atom stereocenters. The van der Waals surface area contributed by atoms with Crippen LogP contribution in [0.1, 0.15) is 11.4 Å². The molecule has 0 amide bonds. The Labute approximate surface area is 135 Å². The van der Waals surface area contributed by atoms with Gasteiger partial charge in [-0.15, -0.1) is 5.10 Å². The number of aromatic nitrogens is 6. The summed E-state index contributed by atoms with van der Waals surface area (Å²) in [4.78, 5) is 12.8. The fourth-order valence-electron chi connectivity index (χ4n) is 2.42. The smallest absolute Gasteiger partial charge is 0.222 e. The molecule has 24 heavy (non-hydrogen) atoms. The third-order valence-corrected chi connectivity index (χ3v) is 3.47. The number of nitrogens with zero attached hydrogens (tertiary/aromatic N) is 6. The van der Waals surface area contributed by atoms with Crippen molar-refractivity contribution in [1.82, 2.24) is 29.9 Å². The van der Waals surface area contributed by atoms with E-state index in [2.05, 4.69) is 25.3 Å². The van der Waals surface area contributed by atoms with Crippen LogP contribution in [0, 0.1) is 0 Å². The van der Waals surface area contributed by atoms with Crippen molar-refractivity contribution in [2.45, 2.75) is 13.2 Å². The zero-order valence-corrected chi connectivity index (χ0v) is 12.5. The van der Waals surface area contributed by atoms with Crippen LogP contribution in [0.3, 0.4) is 0 Å². The van der Waals surface area contributed by atoms with Gasteiger partial charge in [-0.05, 0) is 24.3 Å². The summed E-state index contributed by atoms with van der Waals surface area (Å²) in [6, 6.07) is 8.94. The second-order valence-electron chi connectivity index (χ2n) is 5.11. The first-order chi connectivity index (χ1) is 11.7. The number of hydrogen-bond acceptors (Lipinski definition) is 8. The van der Waals surface area contributed by atoms with Crippen LogP contribution in [0.15, 0.2) is 41.0 Å². The summed E-state index contributed by atoms with van der Waals surface area (Å²) in [6.45, 7) is 0.224. The molecule has 9 heteroatoms. The monoisotopic (exact) mass is 323 g/mol. The maximum atomic E-state index is 9.19. The molecular formula is C15H13N7O2. The van der Waals surface area contributed by atoms with E-state index in [0.29, 0.717) is 34.9 Å². The second kappa shape index (κ2) is 5.70. The zero-order chi connectivity index (χ0) is 16.5. The molecule has 0 fully saturated rings. The van der Waals surface area contributed by atoms with Crippen molar-refractivity contribution < 1.29 is 9.52 Å². The predicted octanol–water partition coefficient (Wildman–Crippen LogP) is 0.999. The lowest BCUT2D eigenvalue weighted by Gasteiger charge is -2.04. The van der Waals surface area contributed by atoms with Gasteiger partial charge in [-0.2, -0.15) is 4.98 Å². The minimum Gasteiger partial charge on any atom is -0.463 e. The maximum absolute atomic E-state index is 9.19. The molecule has 4 aromatic rings. The third-order valence-electron chi connectivity index (χ3n) is 3.47. The summed E-state index contributed by atoms with van der Waals surface area (Å²) in [7, 11) is 0. The van der Waals surface area contributed by atoms with Crippen molar-refractivity contribution in [2.24, 2.45) is 0 Å². The number of aliphatic hydroxyl groups excluding tert-OH is 1. The Balaban J connectivity index is 1.80. The Morgan fingerprint density at radius 1 is 1.08 bits per heavy atom. The van der Waals surface area contributed by atoms with Gasteiger partial charge in [0, 0.05) is 0 Å². The number of nitrogens with two attached hydrogens (primary N) is 1. The number of nitrogen functional groups attached to an aromatic ring is 1. The van der Waals surface area contributed by atoms with Crippen LogP contribution in [0.4, 0.5) is 5.95 Å². The van der Waals surface area contributed by atoms with Crippen molar-refractivity contribution in [1.29, 1.82) is 0 Å². The largest absolute Gasteiger partial charge is 0.463 e. The van der Waals surface area contributed by atoms with Gasteiger partial charge >= 0.3 is 0 Å². The normalized spacial score (nSPS) is 11.2. The van der Waals surface area contributed by atoms with Crippen molar-refractivity contribution in [3.63, 3.8) is 0 Å². The van der Waals surface area contributed by atoms with Crippen molar-refractivity contribution >= 4 is 17.1 Å². The van der Waals surface area contributed by atoms with E-state index in [-0.39, 0.29) is 12.6 Å². The van der Waals surface area contributed by atoms with Crippen LogP contribution >= 0.6 is 0 Å². The summed E-state index contributed by atoms with van der Waals surface area (Å²) in [5.41, 5.74) is 8.61. The van der Waals surface area contributed by atoms with Crippen LogP contribution in [0.25, 0.3) is 22.6 Å². The van der Waals surface area contributed by atoms with E-state index in [1.165, 1.54) is 0 Å². The van der Waals surface area contributed by atoms with Gasteiger partial charge in [0.25, 0.3) is 0 Å². The molecule has 0 aliphatic heterocycles. The van der Waals surface area contributed by atoms with Crippen LogP contribution in [0.5, 0.6) is 0 Å². The van der Waals surface area contributed by atoms with Gasteiger partial charge in [0.05, 0.1) is 30.8 Å². The average molecular weight is 323 g/mol. The standard InChI is InChI=1S/C15H13N7O2/c16-15-18-12(11-5-2-6-24-11)13-14(19-15)22(21-20-13)7-9-3-1-4-10(8-23)17-9/h1-6,23H,7-8H2,(H2,16,18,19). The molecule has 0 bridgehead atoms. The van der Waals surface area contributed by atoms with Crippen molar-refractivity contribution in [3.8, 4) is 11.5 Å². The molecule has 0 saturated heterocycles.